The summed E-state index contributed by atoms with van der Waals surface area (Å²) in [6, 6.07) is 15.6. The fourth-order valence-electron chi connectivity index (χ4n) is 3.80. The fraction of sp³-hybridized carbons (Fsp3) is 0.130. The lowest BCUT2D eigenvalue weighted by atomic mass is 9.85. The van der Waals surface area contributed by atoms with Crippen LogP contribution < -0.4 is 15.7 Å². The van der Waals surface area contributed by atoms with E-state index >= 15 is 0 Å². The minimum atomic E-state index is -0.233. The van der Waals surface area contributed by atoms with Gasteiger partial charge in [0, 0.05) is 11.8 Å². The Balaban J connectivity index is 1.49. The topological polar surface area (TPSA) is 92.3 Å². The summed E-state index contributed by atoms with van der Waals surface area (Å²) in [6.45, 7) is 0. The first-order chi connectivity index (χ1) is 14.7. The predicted molar refractivity (Wildman–Crippen MR) is 117 cm³/mol. The summed E-state index contributed by atoms with van der Waals surface area (Å²) >= 11 is 0. The van der Waals surface area contributed by atoms with E-state index in [0.29, 0.717) is 11.0 Å². The first-order valence-corrected chi connectivity index (χ1v) is 9.66. The van der Waals surface area contributed by atoms with Crippen molar-refractivity contribution in [3.63, 3.8) is 0 Å². The van der Waals surface area contributed by atoms with Crippen molar-refractivity contribution in [1.29, 1.82) is 0 Å². The van der Waals surface area contributed by atoms with Crippen LogP contribution in [0.4, 0.5) is 5.95 Å². The van der Waals surface area contributed by atoms with Gasteiger partial charge in [-0.05, 0) is 59.4 Å². The number of hydrazone groups is 1. The maximum Gasteiger partial charge on any atom is 0.262 e. The highest BCUT2D eigenvalue weighted by molar-refractivity contribution is 5.95. The molecule has 1 aliphatic rings. The van der Waals surface area contributed by atoms with Crippen LogP contribution >= 0.6 is 0 Å². The third kappa shape index (κ3) is 3.20. The first-order valence-electron chi connectivity index (χ1n) is 9.66. The van der Waals surface area contributed by atoms with Gasteiger partial charge in [-0.3, -0.25) is 9.78 Å². The lowest BCUT2D eigenvalue weighted by molar-refractivity contribution is 0.415. The van der Waals surface area contributed by atoms with E-state index < -0.39 is 0 Å². The number of ether oxygens (including phenoxy) is 1. The Morgan fingerprint density at radius 3 is 2.73 bits per heavy atom. The van der Waals surface area contributed by atoms with Crippen molar-refractivity contribution in [2.24, 2.45) is 5.10 Å². The van der Waals surface area contributed by atoms with Crippen LogP contribution in [0.1, 0.15) is 16.7 Å². The summed E-state index contributed by atoms with van der Waals surface area (Å²) in [7, 11) is 1.62. The molecule has 2 heterocycles. The summed E-state index contributed by atoms with van der Waals surface area (Å²) in [6.07, 6.45) is 5.27. The van der Waals surface area contributed by atoms with Crippen LogP contribution in [-0.2, 0) is 12.8 Å². The Bertz CT molecular complexity index is 1330. The largest absolute Gasteiger partial charge is 0.497 e. The zero-order valence-electron chi connectivity index (χ0n) is 16.3. The van der Waals surface area contributed by atoms with Crippen LogP contribution in [0.25, 0.3) is 22.2 Å². The number of methoxy groups -OCH3 is 1. The Labute approximate surface area is 172 Å². The van der Waals surface area contributed by atoms with E-state index in [1.807, 2.05) is 42.6 Å². The van der Waals surface area contributed by atoms with Crippen LogP contribution in [0.15, 0.2) is 64.6 Å². The second kappa shape index (κ2) is 7.44. The summed E-state index contributed by atoms with van der Waals surface area (Å²) in [4.78, 5) is 24.6. The second-order valence-corrected chi connectivity index (χ2v) is 7.07. The van der Waals surface area contributed by atoms with Crippen LogP contribution in [-0.4, -0.2) is 28.3 Å². The van der Waals surface area contributed by atoms with Crippen molar-refractivity contribution in [3.8, 4) is 16.9 Å². The highest BCUT2D eigenvalue weighted by Gasteiger charge is 2.21. The Morgan fingerprint density at radius 1 is 1.10 bits per heavy atom. The van der Waals surface area contributed by atoms with Crippen molar-refractivity contribution in [3.05, 3.63) is 81.8 Å². The normalized spacial score (nSPS) is 12.6. The standard InChI is InChI=1S/C23H19N5O2/c1-30-17-10-6-14(7-11-17)12-25-28-23-26-21-20(22(29)27-23)19-16(13-24-21)9-8-15-4-2-3-5-18(15)19/h2-7,10-13H,8-9H2,1H3,(H2,24,26,27,28,29)/b25-12+. The number of benzene rings is 2. The molecule has 5 rings (SSSR count). The van der Waals surface area contributed by atoms with Crippen LogP contribution in [0.3, 0.4) is 0 Å². The van der Waals surface area contributed by atoms with E-state index in [9.17, 15) is 4.79 Å². The molecule has 1 aliphatic carbocycles. The van der Waals surface area contributed by atoms with E-state index in [2.05, 4.69) is 37.6 Å². The molecule has 0 saturated carbocycles. The van der Waals surface area contributed by atoms with Crippen LogP contribution in [0.5, 0.6) is 5.75 Å². The van der Waals surface area contributed by atoms with Gasteiger partial charge in [-0.15, -0.1) is 0 Å². The van der Waals surface area contributed by atoms with Gasteiger partial charge in [0.2, 0.25) is 5.95 Å². The molecule has 0 fully saturated rings. The highest BCUT2D eigenvalue weighted by atomic mass is 16.5. The Hall–Kier alpha value is -4.00. The molecule has 148 valence electrons. The molecule has 30 heavy (non-hydrogen) atoms. The third-order valence-corrected chi connectivity index (χ3v) is 5.26. The van der Waals surface area contributed by atoms with Gasteiger partial charge in [-0.25, -0.2) is 10.4 Å². The van der Waals surface area contributed by atoms with E-state index in [-0.39, 0.29) is 11.5 Å². The van der Waals surface area contributed by atoms with Crippen LogP contribution in [0.2, 0.25) is 0 Å². The average molecular weight is 397 g/mol. The number of anilines is 1. The lowest BCUT2D eigenvalue weighted by Crippen LogP contribution is -2.16. The Kier molecular flexibility index (Phi) is 4.48. The van der Waals surface area contributed by atoms with Crippen molar-refractivity contribution in [2.45, 2.75) is 12.8 Å². The monoisotopic (exact) mass is 397 g/mol. The van der Waals surface area contributed by atoms with Gasteiger partial charge < -0.3 is 4.74 Å². The van der Waals surface area contributed by atoms with E-state index in [1.165, 1.54) is 5.56 Å². The summed E-state index contributed by atoms with van der Waals surface area (Å²) in [5, 5.41) is 4.68. The van der Waals surface area contributed by atoms with Crippen molar-refractivity contribution >= 4 is 23.2 Å². The van der Waals surface area contributed by atoms with Gasteiger partial charge in [-0.1, -0.05) is 24.3 Å². The van der Waals surface area contributed by atoms with E-state index in [0.717, 1.165) is 40.8 Å². The number of aromatic amines is 1. The lowest BCUT2D eigenvalue weighted by Gasteiger charge is -2.20. The number of nitrogens with zero attached hydrogens (tertiary/aromatic N) is 3. The molecule has 0 aliphatic heterocycles. The average Bonchev–Trinajstić information content (AvgIpc) is 2.79. The number of H-pyrrole nitrogens is 1. The second-order valence-electron chi connectivity index (χ2n) is 7.07. The fourth-order valence-corrected chi connectivity index (χ4v) is 3.80. The quantitative estimate of drug-likeness (QED) is 0.406. The van der Waals surface area contributed by atoms with Crippen molar-refractivity contribution < 1.29 is 4.74 Å². The molecular formula is C23H19N5O2. The number of nitrogens with one attached hydrogen (secondary N) is 2. The van der Waals surface area contributed by atoms with Gasteiger partial charge >= 0.3 is 0 Å². The number of aromatic nitrogens is 3. The van der Waals surface area contributed by atoms with Gasteiger partial charge in [0.25, 0.3) is 5.56 Å². The van der Waals surface area contributed by atoms with Crippen molar-refractivity contribution in [1.82, 2.24) is 15.0 Å². The van der Waals surface area contributed by atoms with E-state index in [4.69, 9.17) is 4.74 Å². The zero-order chi connectivity index (χ0) is 20.5. The number of rotatable bonds is 4. The molecule has 7 heteroatoms. The predicted octanol–water partition coefficient (Wildman–Crippen LogP) is 3.54. The first kappa shape index (κ1) is 18.1. The summed E-state index contributed by atoms with van der Waals surface area (Å²) < 4.78 is 5.14. The minimum absolute atomic E-state index is 0.233. The smallest absolute Gasteiger partial charge is 0.262 e. The number of hydrogen-bond acceptors (Lipinski definition) is 6. The molecule has 2 N–H and O–H groups in total. The van der Waals surface area contributed by atoms with Gasteiger partial charge in [0.15, 0.2) is 5.65 Å². The molecule has 0 atom stereocenters. The SMILES string of the molecule is COc1ccc(/C=N/Nc2nc3ncc4c(c3c(=O)[nH]2)-c2ccccc2CC4)cc1. The molecule has 2 aromatic carbocycles. The molecular weight excluding hydrogens is 378 g/mol. The molecule has 0 spiro atoms. The molecule has 0 unspecified atom stereocenters. The molecule has 0 bridgehead atoms. The molecule has 7 nitrogen and oxygen atoms in total. The van der Waals surface area contributed by atoms with Gasteiger partial charge in [-0.2, -0.15) is 10.1 Å². The van der Waals surface area contributed by atoms with Gasteiger partial charge in [0.05, 0.1) is 18.7 Å². The maximum atomic E-state index is 12.9. The number of hydrogen-bond donors (Lipinski definition) is 2. The molecule has 0 saturated heterocycles. The van der Waals surface area contributed by atoms with E-state index in [1.54, 1.807) is 13.3 Å². The zero-order valence-corrected chi connectivity index (χ0v) is 16.3. The molecule has 0 radical (unpaired) electrons. The van der Waals surface area contributed by atoms with Crippen molar-refractivity contribution in [2.75, 3.05) is 12.5 Å². The molecule has 4 aromatic rings. The molecule has 0 amide bonds. The molecule has 2 aromatic heterocycles. The summed E-state index contributed by atoms with van der Waals surface area (Å²) in [5.41, 5.74) is 8.17. The summed E-state index contributed by atoms with van der Waals surface area (Å²) in [5.74, 6) is 1.02. The highest BCUT2D eigenvalue weighted by Crippen LogP contribution is 2.36. The van der Waals surface area contributed by atoms with Crippen LogP contribution in [0, 0.1) is 0 Å². The minimum Gasteiger partial charge on any atom is -0.497 e. The Morgan fingerprint density at radius 2 is 1.90 bits per heavy atom. The maximum absolute atomic E-state index is 12.9. The third-order valence-electron chi connectivity index (χ3n) is 5.26. The number of pyridine rings is 1. The number of fused-ring (bicyclic) bond motifs is 5. The number of aryl methyl sites for hydroxylation is 2. The van der Waals surface area contributed by atoms with Gasteiger partial charge in [0.1, 0.15) is 5.75 Å².